The summed E-state index contributed by atoms with van der Waals surface area (Å²) in [6.45, 7) is 9.17. The predicted octanol–water partition coefficient (Wildman–Crippen LogP) is 5.03. The summed E-state index contributed by atoms with van der Waals surface area (Å²) >= 11 is 1.60. The lowest BCUT2D eigenvalue weighted by Gasteiger charge is -2.04. The summed E-state index contributed by atoms with van der Waals surface area (Å²) in [7, 11) is 0. The van der Waals surface area contributed by atoms with Crippen LogP contribution in [0.1, 0.15) is 47.3 Å². The monoisotopic (exact) mass is 352 g/mol. The fourth-order valence-corrected chi connectivity index (χ4v) is 4.18. The second-order valence-corrected chi connectivity index (χ2v) is 7.44. The summed E-state index contributed by atoms with van der Waals surface area (Å²) in [4.78, 5) is 18.0. The van der Waals surface area contributed by atoms with Crippen molar-refractivity contribution >= 4 is 27.5 Å². The minimum atomic E-state index is -0.162. The van der Waals surface area contributed by atoms with E-state index in [1.54, 1.807) is 11.3 Å². The van der Waals surface area contributed by atoms with Crippen molar-refractivity contribution in [2.45, 2.75) is 47.1 Å². The van der Waals surface area contributed by atoms with Crippen molar-refractivity contribution < 1.29 is 4.79 Å². The van der Waals surface area contributed by atoms with E-state index in [0.717, 1.165) is 40.8 Å². The highest BCUT2D eigenvalue weighted by Gasteiger charge is 2.11. The molecule has 1 heterocycles. The largest absolute Gasteiger partial charge is 0.316 e. The summed E-state index contributed by atoms with van der Waals surface area (Å²) in [6, 6.07) is 12.4. The van der Waals surface area contributed by atoms with E-state index in [1.807, 2.05) is 32.0 Å². The topological polar surface area (TPSA) is 34.4 Å². The molecule has 0 spiro atoms. The lowest BCUT2D eigenvalue weighted by Crippen LogP contribution is -2.17. The number of aromatic nitrogens is 1. The van der Waals surface area contributed by atoms with Crippen LogP contribution in [0.2, 0.25) is 0 Å². The average molecular weight is 353 g/mol. The molecule has 4 heteroatoms. The Hall–Kier alpha value is -2.20. The number of amides is 1. The van der Waals surface area contributed by atoms with Gasteiger partial charge >= 0.3 is 0 Å². The summed E-state index contributed by atoms with van der Waals surface area (Å²) in [5, 5.41) is 0. The number of carbonyl (C=O) groups is 1. The van der Waals surface area contributed by atoms with E-state index in [9.17, 15) is 4.79 Å². The Morgan fingerprint density at radius 2 is 1.92 bits per heavy atom. The first kappa shape index (κ1) is 17.6. The molecule has 0 bridgehead atoms. The maximum Gasteiger partial charge on any atom is 0.279 e. The molecule has 2 aromatic carbocycles. The van der Waals surface area contributed by atoms with Crippen molar-refractivity contribution in [3.05, 3.63) is 63.5 Å². The Labute approximate surface area is 152 Å². The first-order chi connectivity index (χ1) is 12.0. The quantitative estimate of drug-likeness (QED) is 0.648. The minimum absolute atomic E-state index is 0.162. The summed E-state index contributed by atoms with van der Waals surface area (Å²) in [5.74, 6) is -0.162. The second-order valence-electron chi connectivity index (χ2n) is 6.43. The third-order valence-electron chi connectivity index (χ3n) is 4.41. The zero-order valence-corrected chi connectivity index (χ0v) is 16.1. The zero-order valence-electron chi connectivity index (χ0n) is 15.3. The van der Waals surface area contributed by atoms with E-state index in [0.29, 0.717) is 5.56 Å². The number of aryl methyl sites for hydroxylation is 4. The summed E-state index contributed by atoms with van der Waals surface area (Å²) in [6.07, 6.45) is 2.02. The molecule has 0 saturated carbocycles. The average Bonchev–Trinajstić information content (AvgIpc) is 2.91. The van der Waals surface area contributed by atoms with Crippen molar-refractivity contribution in [2.75, 3.05) is 0 Å². The number of thiazole rings is 1. The molecule has 0 atom stereocenters. The van der Waals surface area contributed by atoms with Gasteiger partial charge in [0, 0.05) is 12.1 Å². The molecule has 0 fully saturated rings. The lowest BCUT2D eigenvalue weighted by molar-refractivity contribution is 0.0997. The van der Waals surface area contributed by atoms with Crippen LogP contribution in [0.5, 0.6) is 0 Å². The third kappa shape index (κ3) is 3.59. The predicted molar refractivity (Wildman–Crippen MR) is 105 cm³/mol. The molecule has 3 nitrogen and oxygen atoms in total. The van der Waals surface area contributed by atoms with Crippen LogP contribution in [-0.4, -0.2) is 10.5 Å². The van der Waals surface area contributed by atoms with Crippen LogP contribution in [0.15, 0.2) is 41.4 Å². The molecule has 0 N–H and O–H groups in total. The maximum absolute atomic E-state index is 12.7. The molecule has 0 unspecified atom stereocenters. The van der Waals surface area contributed by atoms with E-state index in [1.165, 1.54) is 10.3 Å². The van der Waals surface area contributed by atoms with Crippen LogP contribution in [0.3, 0.4) is 0 Å². The molecule has 1 aromatic heterocycles. The number of benzene rings is 2. The second kappa shape index (κ2) is 7.36. The third-order valence-corrected chi connectivity index (χ3v) is 5.45. The van der Waals surface area contributed by atoms with Crippen molar-refractivity contribution in [1.82, 2.24) is 4.57 Å². The van der Waals surface area contributed by atoms with Crippen LogP contribution in [0, 0.1) is 13.8 Å². The summed E-state index contributed by atoms with van der Waals surface area (Å²) in [5.41, 5.74) is 5.29. The van der Waals surface area contributed by atoms with Gasteiger partial charge in [0.2, 0.25) is 0 Å². The summed E-state index contributed by atoms with van der Waals surface area (Å²) < 4.78 is 3.36. The number of fused-ring (bicyclic) bond motifs is 1. The molecule has 0 aliphatic heterocycles. The van der Waals surface area contributed by atoms with Crippen molar-refractivity contribution in [2.24, 2.45) is 4.99 Å². The van der Waals surface area contributed by atoms with Crippen LogP contribution < -0.4 is 4.80 Å². The van der Waals surface area contributed by atoms with Gasteiger partial charge in [0.15, 0.2) is 4.80 Å². The Bertz CT molecular complexity index is 995. The highest BCUT2D eigenvalue weighted by Crippen LogP contribution is 2.20. The van der Waals surface area contributed by atoms with E-state index >= 15 is 0 Å². The van der Waals surface area contributed by atoms with Gasteiger partial charge in [-0.25, -0.2) is 0 Å². The van der Waals surface area contributed by atoms with Gasteiger partial charge in [-0.2, -0.15) is 4.99 Å². The van der Waals surface area contributed by atoms with Gasteiger partial charge < -0.3 is 4.57 Å². The number of carbonyl (C=O) groups excluding carboxylic acids is 1. The van der Waals surface area contributed by atoms with Gasteiger partial charge in [0.25, 0.3) is 5.91 Å². The van der Waals surface area contributed by atoms with Crippen LogP contribution in [0.4, 0.5) is 0 Å². The highest BCUT2D eigenvalue weighted by atomic mass is 32.1. The first-order valence-electron chi connectivity index (χ1n) is 8.82. The van der Waals surface area contributed by atoms with Crippen molar-refractivity contribution in [3.63, 3.8) is 0 Å². The Morgan fingerprint density at radius 1 is 1.12 bits per heavy atom. The molecule has 1 amide bonds. The first-order valence-corrected chi connectivity index (χ1v) is 9.63. The molecule has 25 heavy (non-hydrogen) atoms. The Kier molecular flexibility index (Phi) is 5.19. The maximum atomic E-state index is 12.7. The lowest BCUT2D eigenvalue weighted by atomic mass is 10.1. The SMILES string of the molecule is CCCn1c(=NC(=O)c2ccc(C)cc2C)sc2cc(CC)ccc21. The standard InChI is InChI=1S/C21H24N2OS/c1-5-11-23-18-10-8-16(6-2)13-19(18)25-21(23)22-20(24)17-9-7-14(3)12-15(17)4/h7-10,12-13H,5-6,11H2,1-4H3. The fraction of sp³-hybridized carbons (Fsp3) is 0.333. The smallest absolute Gasteiger partial charge is 0.279 e. The van der Waals surface area contributed by atoms with Crippen molar-refractivity contribution in [3.8, 4) is 0 Å². The van der Waals surface area contributed by atoms with Crippen LogP contribution in [-0.2, 0) is 13.0 Å². The molecule has 0 radical (unpaired) electrons. The Morgan fingerprint density at radius 3 is 2.60 bits per heavy atom. The van der Waals surface area contributed by atoms with Gasteiger partial charge in [-0.3, -0.25) is 4.79 Å². The van der Waals surface area contributed by atoms with Crippen LogP contribution in [0.25, 0.3) is 10.2 Å². The van der Waals surface area contributed by atoms with Gasteiger partial charge in [0.05, 0.1) is 10.2 Å². The molecule has 3 rings (SSSR count). The fourth-order valence-electron chi connectivity index (χ4n) is 3.06. The minimum Gasteiger partial charge on any atom is -0.316 e. The molecule has 3 aromatic rings. The van der Waals surface area contributed by atoms with E-state index < -0.39 is 0 Å². The Balaban J connectivity index is 2.14. The number of nitrogens with zero attached hydrogens (tertiary/aromatic N) is 2. The van der Waals surface area contributed by atoms with Crippen LogP contribution >= 0.6 is 11.3 Å². The molecule has 0 aliphatic carbocycles. The number of hydrogen-bond acceptors (Lipinski definition) is 2. The molecule has 0 saturated heterocycles. The molecule has 130 valence electrons. The normalized spacial score (nSPS) is 12.1. The van der Waals surface area contributed by atoms with Gasteiger partial charge in [-0.05, 0) is 56.0 Å². The number of rotatable bonds is 4. The van der Waals surface area contributed by atoms with Gasteiger partial charge in [-0.1, -0.05) is 48.9 Å². The number of hydrogen-bond donors (Lipinski definition) is 0. The highest BCUT2D eigenvalue weighted by molar-refractivity contribution is 7.16. The molecular formula is C21H24N2OS. The zero-order chi connectivity index (χ0) is 18.0. The van der Waals surface area contributed by atoms with E-state index in [2.05, 4.69) is 41.6 Å². The molecular weight excluding hydrogens is 328 g/mol. The van der Waals surface area contributed by atoms with Crippen molar-refractivity contribution in [1.29, 1.82) is 0 Å². The van der Waals surface area contributed by atoms with E-state index in [4.69, 9.17) is 0 Å². The molecule has 0 aliphatic rings. The van der Waals surface area contributed by atoms with Gasteiger partial charge in [-0.15, -0.1) is 0 Å². The van der Waals surface area contributed by atoms with Gasteiger partial charge in [0.1, 0.15) is 0 Å². The van der Waals surface area contributed by atoms with E-state index in [-0.39, 0.29) is 5.91 Å².